The molecule has 0 radical (unpaired) electrons. The highest BCUT2D eigenvalue weighted by molar-refractivity contribution is 5.71. The number of phenols is 1. The third-order valence-electron chi connectivity index (χ3n) is 1.95. The number of benzene rings is 1. The van der Waals surface area contributed by atoms with Crippen LogP contribution in [0.3, 0.4) is 0 Å². The van der Waals surface area contributed by atoms with Crippen LogP contribution in [0.4, 0.5) is 0 Å². The lowest BCUT2D eigenvalue weighted by Gasteiger charge is -2.05. The predicted octanol–water partition coefficient (Wildman–Crippen LogP) is 3.37. The van der Waals surface area contributed by atoms with Gasteiger partial charge in [0.2, 0.25) is 0 Å². The molecule has 0 unspecified atom stereocenters. The van der Waals surface area contributed by atoms with E-state index in [0.717, 1.165) is 17.6 Å². The third kappa shape index (κ3) is 2.22. The van der Waals surface area contributed by atoms with E-state index in [0.29, 0.717) is 5.75 Å². The summed E-state index contributed by atoms with van der Waals surface area (Å²) in [7, 11) is 0. The lowest BCUT2D eigenvalue weighted by Crippen LogP contribution is -1.82. The van der Waals surface area contributed by atoms with Gasteiger partial charge in [-0.05, 0) is 18.1 Å². The summed E-state index contributed by atoms with van der Waals surface area (Å²) in [4.78, 5) is 0. The van der Waals surface area contributed by atoms with Crippen LogP contribution in [-0.2, 0) is 0 Å². The Bertz CT molecular complexity index is 324. The maximum absolute atomic E-state index is 9.56. The van der Waals surface area contributed by atoms with Crippen molar-refractivity contribution in [1.82, 2.24) is 0 Å². The SMILES string of the molecule is C=C/C=C(\CC)c1ccccc1O. The Hall–Kier alpha value is -1.50. The smallest absolute Gasteiger partial charge is 0.123 e. The first kappa shape index (κ1) is 9.59. The monoisotopic (exact) mass is 174 g/mol. The van der Waals surface area contributed by atoms with Crippen molar-refractivity contribution < 1.29 is 5.11 Å². The van der Waals surface area contributed by atoms with Crippen LogP contribution in [0.1, 0.15) is 18.9 Å². The van der Waals surface area contributed by atoms with E-state index < -0.39 is 0 Å². The number of phenolic OH excluding ortho intramolecular Hbond substituents is 1. The van der Waals surface area contributed by atoms with Crippen molar-refractivity contribution in [2.75, 3.05) is 0 Å². The Balaban J connectivity index is 3.12. The van der Waals surface area contributed by atoms with Crippen molar-refractivity contribution in [1.29, 1.82) is 0 Å². The van der Waals surface area contributed by atoms with Gasteiger partial charge in [-0.25, -0.2) is 0 Å². The van der Waals surface area contributed by atoms with E-state index >= 15 is 0 Å². The molecule has 1 N–H and O–H groups in total. The lowest BCUT2D eigenvalue weighted by molar-refractivity contribution is 0.473. The minimum Gasteiger partial charge on any atom is -0.507 e. The van der Waals surface area contributed by atoms with Crippen molar-refractivity contribution in [2.24, 2.45) is 0 Å². The van der Waals surface area contributed by atoms with Gasteiger partial charge in [0, 0.05) is 5.56 Å². The van der Waals surface area contributed by atoms with Crippen LogP contribution in [0, 0.1) is 0 Å². The zero-order valence-electron chi connectivity index (χ0n) is 7.83. The van der Waals surface area contributed by atoms with Crippen molar-refractivity contribution in [2.45, 2.75) is 13.3 Å². The summed E-state index contributed by atoms with van der Waals surface area (Å²) in [5.74, 6) is 0.331. The molecule has 0 saturated carbocycles. The molecule has 0 heterocycles. The van der Waals surface area contributed by atoms with Crippen molar-refractivity contribution >= 4 is 5.57 Å². The molecular weight excluding hydrogens is 160 g/mol. The number of hydrogen-bond donors (Lipinski definition) is 1. The summed E-state index contributed by atoms with van der Waals surface area (Å²) in [6.07, 6.45) is 4.56. The Labute approximate surface area is 79.0 Å². The minimum absolute atomic E-state index is 0.331. The number of para-hydroxylation sites is 1. The van der Waals surface area contributed by atoms with Gasteiger partial charge in [0.25, 0.3) is 0 Å². The summed E-state index contributed by atoms with van der Waals surface area (Å²) in [6, 6.07) is 7.34. The molecular formula is C12H14O. The minimum atomic E-state index is 0.331. The van der Waals surface area contributed by atoms with Crippen LogP contribution in [0.5, 0.6) is 5.75 Å². The average molecular weight is 174 g/mol. The highest BCUT2D eigenvalue weighted by Crippen LogP contribution is 2.26. The summed E-state index contributed by atoms with van der Waals surface area (Å²) >= 11 is 0. The molecule has 1 nitrogen and oxygen atoms in total. The molecule has 1 aromatic rings. The van der Waals surface area contributed by atoms with E-state index in [1.54, 1.807) is 12.1 Å². The summed E-state index contributed by atoms with van der Waals surface area (Å²) < 4.78 is 0. The number of aromatic hydroxyl groups is 1. The van der Waals surface area contributed by atoms with Crippen molar-refractivity contribution in [3.63, 3.8) is 0 Å². The number of allylic oxidation sites excluding steroid dienone is 3. The van der Waals surface area contributed by atoms with E-state index in [1.807, 2.05) is 24.3 Å². The molecule has 0 aliphatic rings. The molecule has 0 amide bonds. The molecule has 0 saturated heterocycles. The van der Waals surface area contributed by atoms with Gasteiger partial charge in [-0.2, -0.15) is 0 Å². The van der Waals surface area contributed by atoms with Gasteiger partial charge in [0.15, 0.2) is 0 Å². The molecule has 0 bridgehead atoms. The molecule has 13 heavy (non-hydrogen) atoms. The van der Waals surface area contributed by atoms with E-state index in [1.165, 1.54) is 0 Å². The predicted molar refractivity (Wildman–Crippen MR) is 56.6 cm³/mol. The first-order valence-corrected chi connectivity index (χ1v) is 4.39. The van der Waals surface area contributed by atoms with Gasteiger partial charge in [-0.3, -0.25) is 0 Å². The summed E-state index contributed by atoms with van der Waals surface area (Å²) in [5, 5.41) is 9.56. The lowest BCUT2D eigenvalue weighted by atomic mass is 10.0. The number of hydrogen-bond acceptors (Lipinski definition) is 1. The van der Waals surface area contributed by atoms with Gasteiger partial charge in [0.1, 0.15) is 5.75 Å². The van der Waals surface area contributed by atoms with E-state index in [4.69, 9.17) is 0 Å². The Morgan fingerprint density at radius 2 is 2.15 bits per heavy atom. The van der Waals surface area contributed by atoms with Gasteiger partial charge in [-0.1, -0.05) is 43.9 Å². The van der Waals surface area contributed by atoms with Gasteiger partial charge in [-0.15, -0.1) is 0 Å². The molecule has 0 atom stereocenters. The van der Waals surface area contributed by atoms with Crippen LogP contribution in [0.15, 0.2) is 43.0 Å². The van der Waals surface area contributed by atoms with E-state index in [-0.39, 0.29) is 0 Å². The molecule has 0 spiro atoms. The zero-order chi connectivity index (χ0) is 9.68. The highest BCUT2D eigenvalue weighted by atomic mass is 16.3. The Morgan fingerprint density at radius 1 is 1.46 bits per heavy atom. The standard InChI is InChI=1S/C12H14O/c1-3-7-10(4-2)11-8-5-6-9-12(11)13/h3,5-9,13H,1,4H2,2H3/b10-7+. The van der Waals surface area contributed by atoms with Crippen LogP contribution >= 0.6 is 0 Å². The maximum Gasteiger partial charge on any atom is 0.123 e. The largest absolute Gasteiger partial charge is 0.507 e. The van der Waals surface area contributed by atoms with Gasteiger partial charge >= 0.3 is 0 Å². The normalized spacial score (nSPS) is 11.3. The fraction of sp³-hybridized carbons (Fsp3) is 0.167. The van der Waals surface area contributed by atoms with Crippen molar-refractivity contribution in [3.05, 3.63) is 48.6 Å². The number of rotatable bonds is 3. The van der Waals surface area contributed by atoms with Crippen LogP contribution in [-0.4, -0.2) is 5.11 Å². The Kier molecular flexibility index (Phi) is 3.32. The maximum atomic E-state index is 9.56. The molecule has 1 aromatic carbocycles. The second-order valence-corrected chi connectivity index (χ2v) is 2.80. The molecule has 1 rings (SSSR count). The second-order valence-electron chi connectivity index (χ2n) is 2.80. The molecule has 1 heteroatoms. The molecule has 0 aliphatic heterocycles. The van der Waals surface area contributed by atoms with E-state index in [2.05, 4.69) is 13.5 Å². The molecule has 0 fully saturated rings. The quantitative estimate of drug-likeness (QED) is 0.696. The molecule has 0 aliphatic carbocycles. The second kappa shape index (κ2) is 4.51. The van der Waals surface area contributed by atoms with Gasteiger partial charge < -0.3 is 5.11 Å². The zero-order valence-corrected chi connectivity index (χ0v) is 7.83. The third-order valence-corrected chi connectivity index (χ3v) is 1.95. The summed E-state index contributed by atoms with van der Waals surface area (Å²) in [5.41, 5.74) is 2.00. The topological polar surface area (TPSA) is 20.2 Å². The molecule has 0 aromatic heterocycles. The van der Waals surface area contributed by atoms with Crippen LogP contribution < -0.4 is 0 Å². The fourth-order valence-corrected chi connectivity index (χ4v) is 1.29. The first-order valence-electron chi connectivity index (χ1n) is 4.39. The Morgan fingerprint density at radius 3 is 2.69 bits per heavy atom. The fourth-order valence-electron chi connectivity index (χ4n) is 1.29. The van der Waals surface area contributed by atoms with Crippen molar-refractivity contribution in [3.8, 4) is 5.75 Å². The average Bonchev–Trinajstić information content (AvgIpc) is 2.16. The molecule has 68 valence electrons. The van der Waals surface area contributed by atoms with Crippen LogP contribution in [0.25, 0.3) is 5.57 Å². The highest BCUT2D eigenvalue weighted by Gasteiger charge is 2.02. The summed E-state index contributed by atoms with van der Waals surface area (Å²) in [6.45, 7) is 5.70. The van der Waals surface area contributed by atoms with Gasteiger partial charge in [0.05, 0.1) is 0 Å². The van der Waals surface area contributed by atoms with E-state index in [9.17, 15) is 5.11 Å². The first-order chi connectivity index (χ1) is 6.29. The van der Waals surface area contributed by atoms with Crippen LogP contribution in [0.2, 0.25) is 0 Å².